The highest BCUT2D eigenvalue weighted by Crippen LogP contribution is 2.55. The second kappa shape index (κ2) is 13.8. The zero-order valence-electron chi connectivity index (χ0n) is 32.7. The van der Waals surface area contributed by atoms with Crippen molar-refractivity contribution in [2.75, 3.05) is 4.90 Å². The number of benzene rings is 9. The van der Waals surface area contributed by atoms with Crippen LogP contribution in [-0.4, -0.2) is 9.55 Å². The monoisotopic (exact) mass is 763 g/mol. The molecule has 0 atom stereocenters. The van der Waals surface area contributed by atoms with Gasteiger partial charge in [-0.3, -0.25) is 4.98 Å². The standard InChI is InChI=1S/C57H37N3/c1-3-16-38(17-4-1)43-33-44(39-18-5-2-6-19-39)35-45(34-43)59-53-26-12-9-23-48(53)56-49-24-10-13-27-54(49)60(55-28-14-11-25-50(55)57(56)59)52-29-15-21-40-32-41(30-31-47(40)52)51-37-58-36-42-20-7-8-22-46(42)51/h1-37H. The van der Waals surface area contributed by atoms with Crippen molar-refractivity contribution >= 4 is 49.5 Å². The summed E-state index contributed by atoms with van der Waals surface area (Å²) in [4.78, 5) is 7.10. The Morgan fingerprint density at radius 2 is 0.933 bits per heavy atom. The molecule has 0 bridgehead atoms. The van der Waals surface area contributed by atoms with Gasteiger partial charge in [0.2, 0.25) is 0 Å². The van der Waals surface area contributed by atoms with Gasteiger partial charge < -0.3 is 9.47 Å². The fraction of sp³-hybridized carbons (Fsp3) is 0. The Morgan fingerprint density at radius 1 is 0.333 bits per heavy atom. The Labute approximate surface area is 348 Å². The molecule has 0 spiro atoms. The highest BCUT2D eigenvalue weighted by molar-refractivity contribution is 6.15. The van der Waals surface area contributed by atoms with Crippen LogP contribution in [0.4, 0.5) is 17.1 Å². The average molecular weight is 764 g/mol. The zero-order valence-corrected chi connectivity index (χ0v) is 32.7. The van der Waals surface area contributed by atoms with E-state index in [1.54, 1.807) is 0 Å². The van der Waals surface area contributed by atoms with E-state index in [1.807, 2.05) is 12.4 Å². The van der Waals surface area contributed by atoms with Gasteiger partial charge in [0, 0.05) is 56.5 Å². The van der Waals surface area contributed by atoms with Crippen LogP contribution in [0.15, 0.2) is 225 Å². The fourth-order valence-electron chi connectivity index (χ4n) is 9.48. The molecule has 0 aliphatic carbocycles. The molecule has 1 aliphatic heterocycles. The van der Waals surface area contributed by atoms with Gasteiger partial charge in [0.15, 0.2) is 0 Å². The highest BCUT2D eigenvalue weighted by atomic mass is 15.2. The van der Waals surface area contributed by atoms with E-state index in [4.69, 9.17) is 0 Å². The maximum Gasteiger partial charge on any atom is 0.0641 e. The van der Waals surface area contributed by atoms with Crippen LogP contribution in [-0.2, 0) is 0 Å². The average Bonchev–Trinajstić information content (AvgIpc) is 3.61. The van der Waals surface area contributed by atoms with E-state index in [-0.39, 0.29) is 0 Å². The Balaban J connectivity index is 1.12. The molecule has 0 fully saturated rings. The van der Waals surface area contributed by atoms with Crippen LogP contribution in [0, 0.1) is 0 Å². The third-order valence-corrected chi connectivity index (χ3v) is 12.2. The number of aromatic nitrogens is 2. The quantitative estimate of drug-likeness (QED) is 0.174. The summed E-state index contributed by atoms with van der Waals surface area (Å²) in [7, 11) is 0. The van der Waals surface area contributed by atoms with Gasteiger partial charge >= 0.3 is 0 Å². The summed E-state index contributed by atoms with van der Waals surface area (Å²) in [5.41, 5.74) is 17.5. The van der Waals surface area contributed by atoms with Crippen LogP contribution in [0.25, 0.3) is 93.9 Å². The molecule has 12 rings (SSSR count). The van der Waals surface area contributed by atoms with Gasteiger partial charge in [0.05, 0.1) is 28.3 Å². The van der Waals surface area contributed by atoms with Gasteiger partial charge in [0.25, 0.3) is 0 Å². The van der Waals surface area contributed by atoms with E-state index in [2.05, 4.69) is 227 Å². The van der Waals surface area contributed by atoms with Gasteiger partial charge in [-0.2, -0.15) is 0 Å². The van der Waals surface area contributed by atoms with Crippen LogP contribution in [0.1, 0.15) is 0 Å². The van der Waals surface area contributed by atoms with Crippen molar-refractivity contribution in [2.24, 2.45) is 0 Å². The van der Waals surface area contributed by atoms with E-state index in [0.717, 1.165) is 39.3 Å². The van der Waals surface area contributed by atoms with E-state index < -0.39 is 0 Å². The van der Waals surface area contributed by atoms with Crippen molar-refractivity contribution in [1.82, 2.24) is 9.55 Å². The summed E-state index contributed by atoms with van der Waals surface area (Å²) >= 11 is 0. The molecular formula is C57H37N3. The molecule has 0 radical (unpaired) electrons. The molecular weight excluding hydrogens is 727 g/mol. The van der Waals surface area contributed by atoms with Gasteiger partial charge in [-0.1, -0.05) is 164 Å². The zero-order chi connectivity index (χ0) is 39.6. The lowest BCUT2D eigenvalue weighted by Crippen LogP contribution is -2.11. The minimum atomic E-state index is 1.12. The Morgan fingerprint density at radius 3 is 1.70 bits per heavy atom. The molecule has 0 saturated carbocycles. The van der Waals surface area contributed by atoms with Crippen LogP contribution < -0.4 is 4.90 Å². The third-order valence-electron chi connectivity index (χ3n) is 12.2. The molecule has 3 nitrogen and oxygen atoms in total. The SMILES string of the molecule is c1ccc(-c2cc(-c3ccccc3)cc(-n3c4c(c5ccccc53)-c3ccccc3N(c3cccc5cc(-c6cncc7ccccc67)ccc35)c3ccccc3-4)c2)cc1. The molecule has 11 aromatic rings. The van der Waals surface area contributed by atoms with Gasteiger partial charge in [-0.05, 0) is 87.1 Å². The van der Waals surface area contributed by atoms with E-state index in [0.29, 0.717) is 0 Å². The maximum atomic E-state index is 4.62. The molecule has 1 aliphatic rings. The minimum Gasteiger partial charge on any atom is -0.309 e. The molecule has 0 amide bonds. The van der Waals surface area contributed by atoms with Gasteiger partial charge in [0.1, 0.15) is 0 Å². The smallest absolute Gasteiger partial charge is 0.0641 e. The molecule has 280 valence electrons. The normalized spacial score (nSPS) is 12.0. The molecule has 3 heteroatoms. The van der Waals surface area contributed by atoms with E-state index in [9.17, 15) is 0 Å². The second-order valence-corrected chi connectivity index (χ2v) is 15.6. The number of fused-ring (bicyclic) bond motifs is 9. The van der Waals surface area contributed by atoms with Crippen molar-refractivity contribution in [3.05, 3.63) is 225 Å². The Hall–Kier alpha value is -8.01. The number of para-hydroxylation sites is 3. The number of nitrogens with zero attached hydrogens (tertiary/aromatic N) is 3. The first-order valence-corrected chi connectivity index (χ1v) is 20.5. The summed E-state index contributed by atoms with van der Waals surface area (Å²) in [5.74, 6) is 0. The largest absolute Gasteiger partial charge is 0.309 e. The first-order chi connectivity index (χ1) is 29.8. The molecule has 60 heavy (non-hydrogen) atoms. The minimum absolute atomic E-state index is 1.12. The topological polar surface area (TPSA) is 21.1 Å². The number of hydrogen-bond donors (Lipinski definition) is 0. The molecule has 0 saturated heterocycles. The molecule has 0 unspecified atom stereocenters. The van der Waals surface area contributed by atoms with Crippen molar-refractivity contribution < 1.29 is 0 Å². The second-order valence-electron chi connectivity index (χ2n) is 15.6. The number of hydrogen-bond acceptors (Lipinski definition) is 2. The fourth-order valence-corrected chi connectivity index (χ4v) is 9.48. The van der Waals surface area contributed by atoms with Gasteiger partial charge in [-0.25, -0.2) is 0 Å². The summed E-state index contributed by atoms with van der Waals surface area (Å²) in [6, 6.07) is 77.4. The highest BCUT2D eigenvalue weighted by Gasteiger charge is 2.32. The summed E-state index contributed by atoms with van der Waals surface area (Å²) in [6.07, 6.45) is 3.93. The predicted molar refractivity (Wildman–Crippen MR) is 252 cm³/mol. The van der Waals surface area contributed by atoms with E-state index >= 15 is 0 Å². The van der Waals surface area contributed by atoms with Crippen LogP contribution in [0.5, 0.6) is 0 Å². The first kappa shape index (κ1) is 34.1. The van der Waals surface area contributed by atoms with Crippen molar-refractivity contribution in [3.63, 3.8) is 0 Å². The lowest BCUT2D eigenvalue weighted by molar-refractivity contribution is 1.14. The Kier molecular flexibility index (Phi) is 7.85. The molecule has 0 N–H and O–H groups in total. The van der Waals surface area contributed by atoms with Crippen LogP contribution in [0.2, 0.25) is 0 Å². The molecule has 9 aromatic carbocycles. The first-order valence-electron chi connectivity index (χ1n) is 20.5. The van der Waals surface area contributed by atoms with Crippen molar-refractivity contribution in [3.8, 4) is 61.5 Å². The van der Waals surface area contributed by atoms with Gasteiger partial charge in [-0.15, -0.1) is 0 Å². The summed E-state index contributed by atoms with van der Waals surface area (Å²) in [6.45, 7) is 0. The summed E-state index contributed by atoms with van der Waals surface area (Å²) < 4.78 is 2.51. The van der Waals surface area contributed by atoms with Crippen molar-refractivity contribution in [2.45, 2.75) is 0 Å². The number of anilines is 3. The summed E-state index contributed by atoms with van der Waals surface area (Å²) in [5, 5.41) is 5.92. The van der Waals surface area contributed by atoms with E-state index in [1.165, 1.54) is 71.7 Å². The van der Waals surface area contributed by atoms with Crippen LogP contribution >= 0.6 is 0 Å². The maximum absolute atomic E-state index is 4.62. The lowest BCUT2D eigenvalue weighted by atomic mass is 9.97. The van der Waals surface area contributed by atoms with Crippen molar-refractivity contribution in [1.29, 1.82) is 0 Å². The molecule has 2 aromatic heterocycles. The number of pyridine rings is 1. The lowest BCUT2D eigenvalue weighted by Gasteiger charge is -2.29. The third kappa shape index (κ3) is 5.40. The predicted octanol–water partition coefficient (Wildman–Crippen LogP) is 15.5. The number of rotatable bonds is 5. The van der Waals surface area contributed by atoms with Crippen LogP contribution in [0.3, 0.4) is 0 Å². The molecule has 3 heterocycles. The Bertz CT molecular complexity index is 3370.